The van der Waals surface area contributed by atoms with E-state index in [0.29, 0.717) is 16.7 Å². The van der Waals surface area contributed by atoms with Gasteiger partial charge in [0.25, 0.3) is 0 Å². The quantitative estimate of drug-likeness (QED) is 0.189. The lowest BCUT2D eigenvalue weighted by Crippen LogP contribution is -2.38. The van der Waals surface area contributed by atoms with Gasteiger partial charge in [-0.2, -0.15) is 15.8 Å². The zero-order valence-corrected chi connectivity index (χ0v) is 27.2. The largest absolute Gasteiger partial charge is 0.294 e. The van der Waals surface area contributed by atoms with Crippen molar-refractivity contribution in [2.75, 3.05) is 4.90 Å². The van der Waals surface area contributed by atoms with E-state index in [-0.39, 0.29) is 0 Å². The van der Waals surface area contributed by atoms with Gasteiger partial charge in [-0.25, -0.2) is 4.98 Å². The minimum Gasteiger partial charge on any atom is -0.294 e. The summed E-state index contributed by atoms with van der Waals surface area (Å²) >= 11 is 0. The summed E-state index contributed by atoms with van der Waals surface area (Å²) in [6, 6.07) is 59.4. The molecule has 6 aromatic carbocycles. The molecule has 6 nitrogen and oxygen atoms in total. The third kappa shape index (κ3) is 4.37. The molecule has 9 rings (SSSR count). The van der Waals surface area contributed by atoms with Crippen LogP contribution in [0.15, 0.2) is 158 Å². The first-order valence-electron chi connectivity index (χ1n) is 16.6. The molecule has 51 heavy (non-hydrogen) atoms. The summed E-state index contributed by atoms with van der Waals surface area (Å²) in [6.07, 6.45) is 0. The second kappa shape index (κ2) is 11.6. The first kappa shape index (κ1) is 29.7. The van der Waals surface area contributed by atoms with Crippen LogP contribution in [0, 0.1) is 34.0 Å². The number of pyridine rings is 1. The molecular weight excluding hydrogens is 625 g/mol. The Balaban J connectivity index is 1.31. The molecule has 3 heterocycles. The number of rotatable bonds is 4. The minimum atomic E-state index is -0.769. The average molecular weight is 651 g/mol. The fraction of sp³-hybridized carbons (Fsp3) is 0.0222. The van der Waals surface area contributed by atoms with Crippen molar-refractivity contribution in [3.05, 3.63) is 197 Å². The molecule has 0 bridgehead atoms. The van der Waals surface area contributed by atoms with Crippen molar-refractivity contribution in [3.63, 3.8) is 0 Å². The molecule has 236 valence electrons. The summed E-state index contributed by atoms with van der Waals surface area (Å²) < 4.78 is 2.16. The van der Waals surface area contributed by atoms with Gasteiger partial charge >= 0.3 is 0 Å². The van der Waals surface area contributed by atoms with E-state index in [0.717, 1.165) is 67.1 Å². The number of benzene rings is 6. The molecule has 0 fully saturated rings. The van der Waals surface area contributed by atoms with Crippen LogP contribution in [0.25, 0.3) is 27.6 Å². The molecule has 0 amide bonds. The number of nitrogens with zero attached hydrogens (tertiary/aromatic N) is 6. The Morgan fingerprint density at radius 1 is 0.451 bits per heavy atom. The van der Waals surface area contributed by atoms with Crippen molar-refractivity contribution in [1.29, 1.82) is 15.8 Å². The molecule has 0 radical (unpaired) electrons. The van der Waals surface area contributed by atoms with E-state index in [4.69, 9.17) is 4.98 Å². The number of hydrogen-bond donors (Lipinski definition) is 0. The number of para-hydroxylation sites is 3. The van der Waals surface area contributed by atoms with Crippen LogP contribution in [0.2, 0.25) is 0 Å². The highest BCUT2D eigenvalue weighted by Crippen LogP contribution is 2.57. The molecule has 0 spiro atoms. The van der Waals surface area contributed by atoms with Crippen LogP contribution in [0.3, 0.4) is 0 Å². The maximum absolute atomic E-state index is 9.68. The van der Waals surface area contributed by atoms with Crippen LogP contribution < -0.4 is 4.90 Å². The van der Waals surface area contributed by atoms with Gasteiger partial charge in [0.2, 0.25) is 0 Å². The Bertz CT molecular complexity index is 2680. The number of anilines is 3. The summed E-state index contributed by atoms with van der Waals surface area (Å²) in [7, 11) is 0. The van der Waals surface area contributed by atoms with E-state index in [1.807, 2.05) is 109 Å². The number of nitriles is 3. The van der Waals surface area contributed by atoms with Gasteiger partial charge in [0.1, 0.15) is 11.6 Å². The number of fused-ring (bicyclic) bond motifs is 5. The van der Waals surface area contributed by atoms with Crippen LogP contribution in [0.1, 0.15) is 38.9 Å². The summed E-state index contributed by atoms with van der Waals surface area (Å²) in [5.41, 5.74) is 9.04. The van der Waals surface area contributed by atoms with E-state index in [1.165, 1.54) is 0 Å². The van der Waals surface area contributed by atoms with Gasteiger partial charge in [-0.1, -0.05) is 84.9 Å². The molecule has 2 aromatic heterocycles. The lowest BCUT2D eigenvalue weighted by atomic mass is 9.62. The van der Waals surface area contributed by atoms with Gasteiger partial charge in [0, 0.05) is 10.8 Å². The molecule has 0 saturated carbocycles. The maximum atomic E-state index is 9.68. The van der Waals surface area contributed by atoms with Gasteiger partial charge in [-0.3, -0.25) is 9.47 Å². The molecule has 0 saturated heterocycles. The topological polar surface area (TPSA) is 92.4 Å². The smallest absolute Gasteiger partial charge is 0.140 e. The molecule has 0 N–H and O–H groups in total. The van der Waals surface area contributed by atoms with Crippen molar-refractivity contribution in [3.8, 4) is 24.0 Å². The first-order valence-corrected chi connectivity index (χ1v) is 16.6. The normalized spacial score (nSPS) is 12.8. The average Bonchev–Trinajstić information content (AvgIpc) is 3.53. The molecule has 0 unspecified atom stereocenters. The van der Waals surface area contributed by atoms with Crippen LogP contribution in [0.4, 0.5) is 17.2 Å². The van der Waals surface area contributed by atoms with Crippen molar-refractivity contribution in [1.82, 2.24) is 9.55 Å². The van der Waals surface area contributed by atoms with E-state index < -0.39 is 5.41 Å². The summed E-state index contributed by atoms with van der Waals surface area (Å²) in [6.45, 7) is 0. The fourth-order valence-corrected chi connectivity index (χ4v) is 7.82. The van der Waals surface area contributed by atoms with Crippen LogP contribution >= 0.6 is 0 Å². The lowest BCUT2D eigenvalue weighted by molar-refractivity contribution is 0.729. The van der Waals surface area contributed by atoms with Gasteiger partial charge < -0.3 is 0 Å². The van der Waals surface area contributed by atoms with Crippen LogP contribution in [0.5, 0.6) is 0 Å². The lowest BCUT2D eigenvalue weighted by Gasteiger charge is -2.46. The summed E-state index contributed by atoms with van der Waals surface area (Å²) in [5.74, 6) is 1.51. The highest BCUT2D eigenvalue weighted by atomic mass is 15.2. The Morgan fingerprint density at radius 3 is 1.57 bits per heavy atom. The Kier molecular flexibility index (Phi) is 6.75. The summed E-state index contributed by atoms with van der Waals surface area (Å²) in [5, 5.41) is 31.1. The SMILES string of the molecule is N#Cc1ccc(C2(c3ccc(C#N)cc3)c3ccccc3N(c3cccc(-n4c5ccccc5c5cc(C#N)ccc54)n3)c3ccccc32)cc1. The van der Waals surface area contributed by atoms with Crippen molar-refractivity contribution < 1.29 is 0 Å². The highest BCUT2D eigenvalue weighted by molar-refractivity contribution is 6.09. The predicted octanol–water partition coefficient (Wildman–Crippen LogP) is 9.96. The zero-order chi connectivity index (χ0) is 34.5. The second-order valence-corrected chi connectivity index (χ2v) is 12.5. The Labute approximate surface area is 294 Å². The van der Waals surface area contributed by atoms with Gasteiger partial charge in [-0.05, 0) is 95.1 Å². The van der Waals surface area contributed by atoms with E-state index >= 15 is 0 Å². The fourth-order valence-electron chi connectivity index (χ4n) is 7.82. The summed E-state index contributed by atoms with van der Waals surface area (Å²) in [4.78, 5) is 7.59. The predicted molar refractivity (Wildman–Crippen MR) is 199 cm³/mol. The maximum Gasteiger partial charge on any atom is 0.140 e. The van der Waals surface area contributed by atoms with Crippen molar-refractivity contribution in [2.45, 2.75) is 5.41 Å². The minimum absolute atomic E-state index is 0.586. The zero-order valence-electron chi connectivity index (χ0n) is 27.2. The standard InChI is InChI=1S/C45H26N6/c46-27-30-16-21-33(22-17-30)45(34-23-18-31(28-47)19-24-34)37-9-2-5-12-41(37)51(42-13-6-3-10-38(42)45)44-15-7-14-43(49-44)50-39-11-4-1-8-35(39)36-26-32(29-48)20-25-40(36)50/h1-26H. The number of aromatic nitrogens is 2. The molecule has 6 heteroatoms. The molecule has 1 aliphatic heterocycles. The molecule has 1 aliphatic rings. The van der Waals surface area contributed by atoms with Crippen molar-refractivity contribution >= 4 is 39.0 Å². The monoisotopic (exact) mass is 650 g/mol. The molecule has 0 atom stereocenters. The Morgan fingerprint density at radius 2 is 0.961 bits per heavy atom. The van der Waals surface area contributed by atoms with Crippen LogP contribution in [-0.2, 0) is 5.41 Å². The van der Waals surface area contributed by atoms with E-state index in [2.05, 4.69) is 76.2 Å². The van der Waals surface area contributed by atoms with Gasteiger partial charge in [0.15, 0.2) is 0 Å². The molecular formula is C45H26N6. The van der Waals surface area contributed by atoms with E-state index in [1.54, 1.807) is 0 Å². The van der Waals surface area contributed by atoms with Gasteiger partial charge in [0.05, 0.1) is 62.7 Å². The van der Waals surface area contributed by atoms with Crippen molar-refractivity contribution in [2.24, 2.45) is 0 Å². The number of hydrogen-bond acceptors (Lipinski definition) is 5. The third-order valence-corrected chi connectivity index (χ3v) is 9.97. The highest BCUT2D eigenvalue weighted by Gasteiger charge is 2.46. The molecule has 0 aliphatic carbocycles. The second-order valence-electron chi connectivity index (χ2n) is 12.5. The van der Waals surface area contributed by atoms with Crippen LogP contribution in [-0.4, -0.2) is 9.55 Å². The van der Waals surface area contributed by atoms with E-state index in [9.17, 15) is 15.8 Å². The third-order valence-electron chi connectivity index (χ3n) is 9.97. The first-order chi connectivity index (χ1) is 25.1. The Hall–Kier alpha value is -7.46. The molecule has 8 aromatic rings. The van der Waals surface area contributed by atoms with Gasteiger partial charge in [-0.15, -0.1) is 0 Å².